The van der Waals surface area contributed by atoms with Gasteiger partial charge in [-0.3, -0.25) is 0 Å². The molecular formula is C17H20BrF3N2O2. The van der Waals surface area contributed by atoms with Gasteiger partial charge in [-0.1, -0.05) is 15.9 Å². The van der Waals surface area contributed by atoms with Crippen LogP contribution in [0.5, 0.6) is 0 Å². The van der Waals surface area contributed by atoms with E-state index in [1.807, 2.05) is 0 Å². The molecule has 0 unspecified atom stereocenters. The van der Waals surface area contributed by atoms with Gasteiger partial charge in [0.2, 0.25) is 0 Å². The van der Waals surface area contributed by atoms with E-state index < -0.39 is 23.4 Å². The number of fused-ring (bicyclic) bond motifs is 3. The number of carbonyl (C=O) groups excluding carboxylic acids is 1. The lowest BCUT2D eigenvalue weighted by molar-refractivity contribution is -0.137. The Morgan fingerprint density at radius 2 is 2.00 bits per heavy atom. The number of nitrogens with one attached hydrogen (secondary N) is 1. The zero-order valence-electron chi connectivity index (χ0n) is 14.2. The molecule has 2 atom stereocenters. The van der Waals surface area contributed by atoms with Gasteiger partial charge in [-0.05, 0) is 44.9 Å². The van der Waals surface area contributed by atoms with E-state index in [0.717, 1.165) is 6.07 Å². The molecule has 1 fully saturated rings. The highest BCUT2D eigenvalue weighted by Gasteiger charge is 2.44. The molecule has 0 aromatic heterocycles. The largest absolute Gasteiger partial charge is 0.444 e. The van der Waals surface area contributed by atoms with Gasteiger partial charge in [-0.2, -0.15) is 13.2 Å². The fourth-order valence-electron chi connectivity index (χ4n) is 3.42. The van der Waals surface area contributed by atoms with Gasteiger partial charge in [0.05, 0.1) is 11.3 Å². The Hall–Kier alpha value is -1.44. The number of hydrogen-bond acceptors (Lipinski definition) is 3. The molecule has 0 saturated carbocycles. The van der Waals surface area contributed by atoms with Crippen molar-refractivity contribution in [1.82, 2.24) is 4.90 Å². The molecule has 0 radical (unpaired) electrons. The third kappa shape index (κ3) is 3.73. The Kier molecular flexibility index (Phi) is 4.46. The van der Waals surface area contributed by atoms with E-state index in [1.165, 1.54) is 0 Å². The van der Waals surface area contributed by atoms with Crippen molar-refractivity contribution in [2.45, 2.75) is 50.9 Å². The standard InChI is InChI=1S/C17H20BrF3N2O2/c1-16(2,3)25-15(24)23-5-4-13-11(8-23)10-6-9(18)7-12(14(10)22-13)17(19,20)21/h6-7,11,13,22H,4-5,8H2,1-3H3/t11-,13-/m1/s1. The Balaban J connectivity index is 1.88. The molecule has 1 saturated heterocycles. The van der Waals surface area contributed by atoms with Gasteiger partial charge in [0, 0.05) is 29.5 Å². The maximum atomic E-state index is 13.3. The van der Waals surface area contributed by atoms with Crippen molar-refractivity contribution in [1.29, 1.82) is 0 Å². The summed E-state index contributed by atoms with van der Waals surface area (Å²) in [7, 11) is 0. The first-order chi connectivity index (χ1) is 11.5. The summed E-state index contributed by atoms with van der Waals surface area (Å²) in [5.74, 6) is -0.185. The molecule has 4 nitrogen and oxygen atoms in total. The van der Waals surface area contributed by atoms with Crippen LogP contribution in [0.25, 0.3) is 0 Å². The number of alkyl halides is 3. The predicted octanol–water partition coefficient (Wildman–Crippen LogP) is 4.99. The lowest BCUT2D eigenvalue weighted by Gasteiger charge is -2.36. The van der Waals surface area contributed by atoms with E-state index in [0.29, 0.717) is 29.5 Å². The first kappa shape index (κ1) is 18.4. The minimum atomic E-state index is -4.43. The molecule has 0 bridgehead atoms. The number of benzene rings is 1. The molecule has 2 heterocycles. The van der Waals surface area contributed by atoms with Crippen LogP contribution in [0, 0.1) is 0 Å². The minimum Gasteiger partial charge on any atom is -0.444 e. The van der Waals surface area contributed by atoms with Crippen LogP contribution in [0.15, 0.2) is 16.6 Å². The second-order valence-corrected chi connectivity index (χ2v) is 8.40. The van der Waals surface area contributed by atoms with Crippen LogP contribution in [-0.4, -0.2) is 35.7 Å². The van der Waals surface area contributed by atoms with E-state index in [9.17, 15) is 18.0 Å². The highest BCUT2D eigenvalue weighted by Crippen LogP contribution is 2.48. The molecule has 1 aromatic rings. The van der Waals surface area contributed by atoms with Crippen molar-refractivity contribution >= 4 is 27.7 Å². The highest BCUT2D eigenvalue weighted by molar-refractivity contribution is 9.10. The molecule has 1 N–H and O–H groups in total. The van der Waals surface area contributed by atoms with Crippen LogP contribution in [0.3, 0.4) is 0 Å². The first-order valence-corrected chi connectivity index (χ1v) is 8.90. The first-order valence-electron chi connectivity index (χ1n) is 8.11. The van der Waals surface area contributed by atoms with E-state index in [1.54, 1.807) is 31.7 Å². The third-order valence-electron chi connectivity index (χ3n) is 4.43. The van der Waals surface area contributed by atoms with E-state index in [-0.39, 0.29) is 17.6 Å². The summed E-state index contributed by atoms with van der Waals surface area (Å²) in [6.45, 7) is 6.16. The summed E-state index contributed by atoms with van der Waals surface area (Å²) >= 11 is 3.18. The number of piperidine rings is 1. The molecule has 0 spiro atoms. The van der Waals surface area contributed by atoms with Crippen LogP contribution in [0.4, 0.5) is 23.7 Å². The van der Waals surface area contributed by atoms with Gasteiger partial charge < -0.3 is 15.0 Å². The number of halogens is 4. The number of likely N-dealkylation sites (tertiary alicyclic amines) is 1. The van der Waals surface area contributed by atoms with E-state index in [2.05, 4.69) is 21.2 Å². The SMILES string of the molecule is CC(C)(C)OC(=O)N1CC[C@H]2Nc3c(cc(Br)cc3C(F)(F)F)[C@H]2C1. The minimum absolute atomic E-state index is 0.107. The molecule has 1 amide bonds. The molecular weight excluding hydrogens is 401 g/mol. The van der Waals surface area contributed by atoms with Crippen molar-refractivity contribution < 1.29 is 22.7 Å². The van der Waals surface area contributed by atoms with E-state index in [4.69, 9.17) is 4.74 Å². The Morgan fingerprint density at radius 3 is 2.60 bits per heavy atom. The molecule has 3 rings (SSSR count). The number of amides is 1. The van der Waals surface area contributed by atoms with Gasteiger partial charge in [-0.25, -0.2) is 4.79 Å². The predicted molar refractivity (Wildman–Crippen MR) is 91.7 cm³/mol. The van der Waals surface area contributed by atoms with E-state index >= 15 is 0 Å². The number of carbonyl (C=O) groups is 1. The Bertz CT molecular complexity index is 700. The second-order valence-electron chi connectivity index (χ2n) is 7.49. The number of rotatable bonds is 0. The smallest absolute Gasteiger partial charge is 0.418 e. The van der Waals surface area contributed by atoms with Crippen molar-refractivity contribution in [3.8, 4) is 0 Å². The topological polar surface area (TPSA) is 41.6 Å². The zero-order valence-corrected chi connectivity index (χ0v) is 15.8. The lowest BCUT2D eigenvalue weighted by Crippen LogP contribution is -2.46. The summed E-state index contributed by atoms with van der Waals surface area (Å²) in [5.41, 5.74) is -0.543. The Morgan fingerprint density at radius 1 is 1.32 bits per heavy atom. The number of hydrogen-bond donors (Lipinski definition) is 1. The highest BCUT2D eigenvalue weighted by atomic mass is 79.9. The quantitative estimate of drug-likeness (QED) is 0.642. The fourth-order valence-corrected chi connectivity index (χ4v) is 3.90. The molecule has 2 aliphatic rings. The van der Waals surface area contributed by atoms with Crippen LogP contribution in [-0.2, 0) is 10.9 Å². The van der Waals surface area contributed by atoms with Crippen LogP contribution in [0.1, 0.15) is 44.2 Å². The van der Waals surface area contributed by atoms with Crippen molar-refractivity contribution in [3.63, 3.8) is 0 Å². The maximum Gasteiger partial charge on any atom is 0.418 e. The summed E-state index contributed by atoms with van der Waals surface area (Å²) in [5, 5.41) is 3.03. The second kappa shape index (κ2) is 6.07. The van der Waals surface area contributed by atoms with Gasteiger partial charge in [0.15, 0.2) is 0 Å². The summed E-state index contributed by atoms with van der Waals surface area (Å²) in [6.07, 6.45) is -4.28. The monoisotopic (exact) mass is 420 g/mol. The molecule has 25 heavy (non-hydrogen) atoms. The van der Waals surface area contributed by atoms with Gasteiger partial charge >= 0.3 is 12.3 Å². The Labute approximate surface area is 152 Å². The van der Waals surface area contributed by atoms with Crippen molar-refractivity contribution in [3.05, 3.63) is 27.7 Å². The lowest BCUT2D eigenvalue weighted by atomic mass is 9.89. The van der Waals surface area contributed by atoms with Crippen molar-refractivity contribution in [2.75, 3.05) is 18.4 Å². The van der Waals surface area contributed by atoms with Crippen LogP contribution >= 0.6 is 15.9 Å². The number of anilines is 1. The fraction of sp³-hybridized carbons (Fsp3) is 0.588. The number of nitrogens with zero attached hydrogens (tertiary/aromatic N) is 1. The van der Waals surface area contributed by atoms with Crippen molar-refractivity contribution in [2.24, 2.45) is 0 Å². The average molecular weight is 421 g/mol. The summed E-state index contributed by atoms with van der Waals surface area (Å²) in [4.78, 5) is 13.9. The molecule has 2 aliphatic heterocycles. The average Bonchev–Trinajstić information content (AvgIpc) is 2.81. The zero-order chi connectivity index (χ0) is 18.6. The number of ether oxygens (including phenoxy) is 1. The third-order valence-corrected chi connectivity index (χ3v) is 4.89. The van der Waals surface area contributed by atoms with Crippen LogP contribution < -0.4 is 5.32 Å². The molecule has 0 aliphatic carbocycles. The van der Waals surface area contributed by atoms with Gasteiger partial charge in [0.1, 0.15) is 5.60 Å². The molecule has 1 aromatic carbocycles. The summed E-state index contributed by atoms with van der Waals surface area (Å²) < 4.78 is 45.8. The van der Waals surface area contributed by atoms with Gasteiger partial charge in [-0.15, -0.1) is 0 Å². The van der Waals surface area contributed by atoms with Gasteiger partial charge in [0.25, 0.3) is 0 Å². The van der Waals surface area contributed by atoms with Crippen LogP contribution in [0.2, 0.25) is 0 Å². The molecule has 138 valence electrons. The molecule has 8 heteroatoms. The summed E-state index contributed by atoms with van der Waals surface area (Å²) in [6, 6.07) is 2.69. The normalized spacial score (nSPS) is 22.9. The maximum absolute atomic E-state index is 13.3.